The Morgan fingerprint density at radius 2 is 1.79 bits per heavy atom. The molecule has 28 heavy (non-hydrogen) atoms. The predicted molar refractivity (Wildman–Crippen MR) is 95.9 cm³/mol. The molecule has 150 valence electrons. The highest BCUT2D eigenvalue weighted by Gasteiger charge is 2.45. The number of hydrogen-bond acceptors (Lipinski definition) is 7. The largest absolute Gasteiger partial charge is 0.490 e. The monoisotopic (exact) mass is 390 g/mol. The van der Waals surface area contributed by atoms with Crippen molar-refractivity contribution in [2.24, 2.45) is 0 Å². The molecule has 1 unspecified atom stereocenters. The van der Waals surface area contributed by atoms with E-state index in [1.165, 1.54) is 6.07 Å². The third-order valence-electron chi connectivity index (χ3n) is 4.49. The topological polar surface area (TPSA) is 111 Å². The SMILES string of the molecule is CCOCCOCCOc1cccc2c1C(=O)N(C1CCC(=O)NC1=O)C2=O. The first kappa shape index (κ1) is 20.0. The van der Waals surface area contributed by atoms with Crippen molar-refractivity contribution in [1.29, 1.82) is 0 Å². The molecule has 1 fully saturated rings. The first-order valence-corrected chi connectivity index (χ1v) is 9.17. The van der Waals surface area contributed by atoms with Gasteiger partial charge < -0.3 is 14.2 Å². The Kier molecular flexibility index (Phi) is 6.37. The van der Waals surface area contributed by atoms with Crippen LogP contribution in [0.4, 0.5) is 0 Å². The molecule has 3 rings (SSSR count). The number of nitrogens with one attached hydrogen (secondary N) is 1. The minimum Gasteiger partial charge on any atom is -0.490 e. The molecule has 2 heterocycles. The normalized spacial score (nSPS) is 19.0. The zero-order valence-corrected chi connectivity index (χ0v) is 15.6. The van der Waals surface area contributed by atoms with Crippen LogP contribution in [0.5, 0.6) is 5.75 Å². The Morgan fingerprint density at radius 1 is 1.04 bits per heavy atom. The summed E-state index contributed by atoms with van der Waals surface area (Å²) in [7, 11) is 0. The van der Waals surface area contributed by atoms with Crippen LogP contribution in [0.3, 0.4) is 0 Å². The van der Waals surface area contributed by atoms with Gasteiger partial charge in [0.1, 0.15) is 18.4 Å². The first-order valence-electron chi connectivity index (χ1n) is 9.17. The van der Waals surface area contributed by atoms with Crippen molar-refractivity contribution < 1.29 is 33.4 Å². The predicted octanol–water partition coefficient (Wildman–Crippen LogP) is 0.520. The maximum Gasteiger partial charge on any atom is 0.266 e. The summed E-state index contributed by atoms with van der Waals surface area (Å²) >= 11 is 0. The summed E-state index contributed by atoms with van der Waals surface area (Å²) in [5, 5.41) is 2.17. The lowest BCUT2D eigenvalue weighted by Crippen LogP contribution is -2.54. The van der Waals surface area contributed by atoms with Gasteiger partial charge in [-0.15, -0.1) is 0 Å². The highest BCUT2D eigenvalue weighted by Crippen LogP contribution is 2.33. The first-order chi connectivity index (χ1) is 13.5. The minimum atomic E-state index is -1.00. The van der Waals surface area contributed by atoms with Gasteiger partial charge in [-0.3, -0.25) is 29.4 Å². The second-order valence-electron chi connectivity index (χ2n) is 6.28. The molecule has 0 aromatic heterocycles. The van der Waals surface area contributed by atoms with E-state index in [9.17, 15) is 19.2 Å². The molecule has 1 saturated heterocycles. The maximum absolute atomic E-state index is 12.9. The highest BCUT2D eigenvalue weighted by atomic mass is 16.5. The molecule has 0 bridgehead atoms. The molecule has 0 aliphatic carbocycles. The van der Waals surface area contributed by atoms with Crippen molar-refractivity contribution >= 4 is 23.6 Å². The zero-order chi connectivity index (χ0) is 20.1. The Bertz CT molecular complexity index is 792. The number of amides is 4. The van der Waals surface area contributed by atoms with Gasteiger partial charge in [0.25, 0.3) is 11.8 Å². The number of imide groups is 2. The molecule has 4 amide bonds. The lowest BCUT2D eigenvalue weighted by atomic mass is 10.0. The van der Waals surface area contributed by atoms with Crippen LogP contribution >= 0.6 is 0 Å². The second-order valence-corrected chi connectivity index (χ2v) is 6.28. The van der Waals surface area contributed by atoms with Crippen LogP contribution in [0.2, 0.25) is 0 Å². The lowest BCUT2D eigenvalue weighted by molar-refractivity contribution is -0.136. The summed E-state index contributed by atoms with van der Waals surface area (Å²) in [5.74, 6) is -1.95. The number of rotatable bonds is 9. The van der Waals surface area contributed by atoms with Gasteiger partial charge in [0, 0.05) is 13.0 Å². The number of benzene rings is 1. The quantitative estimate of drug-likeness (QED) is 0.483. The molecule has 0 saturated carbocycles. The smallest absolute Gasteiger partial charge is 0.266 e. The average molecular weight is 390 g/mol. The van der Waals surface area contributed by atoms with Crippen molar-refractivity contribution in [3.63, 3.8) is 0 Å². The van der Waals surface area contributed by atoms with Gasteiger partial charge in [-0.25, -0.2) is 0 Å². The van der Waals surface area contributed by atoms with Crippen molar-refractivity contribution in [3.8, 4) is 5.75 Å². The van der Waals surface area contributed by atoms with Crippen LogP contribution in [-0.2, 0) is 19.1 Å². The average Bonchev–Trinajstić information content (AvgIpc) is 2.93. The summed E-state index contributed by atoms with van der Waals surface area (Å²) in [6.07, 6.45) is 0.187. The fraction of sp³-hybridized carbons (Fsp3) is 0.474. The van der Waals surface area contributed by atoms with Gasteiger partial charge in [0.15, 0.2) is 0 Å². The number of fused-ring (bicyclic) bond motifs is 1. The Hall–Kier alpha value is -2.78. The van der Waals surface area contributed by atoms with Gasteiger partial charge in [0.05, 0.1) is 30.9 Å². The molecule has 1 aromatic rings. The summed E-state index contributed by atoms with van der Waals surface area (Å²) in [4.78, 5) is 49.9. The Balaban J connectivity index is 1.66. The highest BCUT2D eigenvalue weighted by molar-refractivity contribution is 6.24. The molecule has 0 spiro atoms. The van der Waals surface area contributed by atoms with E-state index < -0.39 is 29.7 Å². The molecular weight excluding hydrogens is 368 g/mol. The fourth-order valence-corrected chi connectivity index (χ4v) is 3.18. The fourth-order valence-electron chi connectivity index (χ4n) is 3.18. The molecular formula is C19H22N2O7. The Labute approximate surface area is 161 Å². The zero-order valence-electron chi connectivity index (χ0n) is 15.6. The molecule has 2 aliphatic rings. The number of hydrogen-bond donors (Lipinski definition) is 1. The number of nitrogens with zero attached hydrogens (tertiary/aromatic N) is 1. The third kappa shape index (κ3) is 4.05. The molecule has 0 radical (unpaired) electrons. The lowest BCUT2D eigenvalue weighted by Gasteiger charge is -2.27. The van der Waals surface area contributed by atoms with Gasteiger partial charge in [-0.05, 0) is 25.5 Å². The molecule has 9 heteroatoms. The molecule has 1 atom stereocenters. The third-order valence-corrected chi connectivity index (χ3v) is 4.49. The van der Waals surface area contributed by atoms with E-state index in [0.29, 0.717) is 26.4 Å². The van der Waals surface area contributed by atoms with Crippen molar-refractivity contribution in [2.75, 3.05) is 33.0 Å². The van der Waals surface area contributed by atoms with Crippen molar-refractivity contribution in [1.82, 2.24) is 10.2 Å². The van der Waals surface area contributed by atoms with Crippen LogP contribution in [0.15, 0.2) is 18.2 Å². The molecule has 1 N–H and O–H groups in total. The maximum atomic E-state index is 12.9. The number of carbonyl (C=O) groups is 4. The summed E-state index contributed by atoms with van der Waals surface area (Å²) < 4.78 is 16.2. The van der Waals surface area contributed by atoms with E-state index in [1.807, 2.05) is 6.92 Å². The minimum absolute atomic E-state index is 0.0756. The van der Waals surface area contributed by atoms with Crippen LogP contribution < -0.4 is 10.1 Å². The van der Waals surface area contributed by atoms with Gasteiger partial charge in [0.2, 0.25) is 11.8 Å². The van der Waals surface area contributed by atoms with E-state index in [1.54, 1.807) is 12.1 Å². The van der Waals surface area contributed by atoms with Crippen LogP contribution in [-0.4, -0.2) is 67.6 Å². The van der Waals surface area contributed by atoms with Crippen LogP contribution in [0.25, 0.3) is 0 Å². The molecule has 1 aromatic carbocycles. The van der Waals surface area contributed by atoms with Gasteiger partial charge in [-0.1, -0.05) is 6.07 Å². The number of piperidine rings is 1. The molecule has 2 aliphatic heterocycles. The number of carbonyl (C=O) groups excluding carboxylic acids is 4. The van der Waals surface area contributed by atoms with Gasteiger partial charge in [-0.2, -0.15) is 0 Å². The van der Waals surface area contributed by atoms with E-state index in [4.69, 9.17) is 14.2 Å². The van der Waals surface area contributed by atoms with Crippen molar-refractivity contribution in [2.45, 2.75) is 25.8 Å². The van der Waals surface area contributed by atoms with E-state index in [0.717, 1.165) is 4.90 Å². The summed E-state index contributed by atoms with van der Waals surface area (Å²) in [6, 6.07) is 3.73. The van der Waals surface area contributed by atoms with Crippen LogP contribution in [0.1, 0.15) is 40.5 Å². The number of ether oxygens (including phenoxy) is 3. The van der Waals surface area contributed by atoms with E-state index in [-0.39, 0.29) is 36.3 Å². The van der Waals surface area contributed by atoms with E-state index in [2.05, 4.69) is 5.32 Å². The Morgan fingerprint density at radius 3 is 2.54 bits per heavy atom. The van der Waals surface area contributed by atoms with Crippen molar-refractivity contribution in [3.05, 3.63) is 29.3 Å². The summed E-state index contributed by atoms with van der Waals surface area (Å²) in [5.41, 5.74) is 0.316. The molecule has 9 nitrogen and oxygen atoms in total. The standard InChI is InChI=1S/C19H22N2O7/c1-2-26-8-9-27-10-11-28-14-5-3-4-12-16(14)19(25)21(18(12)24)13-6-7-15(22)20-17(13)23/h3-5,13H,2,6-11H2,1H3,(H,20,22,23). The second kappa shape index (κ2) is 8.94. The van der Waals surface area contributed by atoms with Crippen LogP contribution in [0, 0.1) is 0 Å². The van der Waals surface area contributed by atoms with E-state index >= 15 is 0 Å². The summed E-state index contributed by atoms with van der Waals surface area (Å²) in [6.45, 7) is 3.94. The van der Waals surface area contributed by atoms with Gasteiger partial charge >= 0.3 is 0 Å².